The van der Waals surface area contributed by atoms with E-state index in [1.165, 1.54) is 0 Å². The molecule has 3 N–H and O–H groups in total. The Morgan fingerprint density at radius 1 is 0.449 bits per heavy atom. The quantitative estimate of drug-likeness (QED) is 0.0592. The topological polar surface area (TPSA) is 158 Å². The van der Waals surface area contributed by atoms with Gasteiger partial charge in [-0.25, -0.2) is 9.97 Å². The number of nitrogens with zero attached hydrogens (tertiary/aromatic N) is 4. The first kappa shape index (κ1) is 47.1. The highest BCUT2D eigenvalue weighted by Gasteiger charge is 2.18. The van der Waals surface area contributed by atoms with Gasteiger partial charge in [0.2, 0.25) is 0 Å². The van der Waals surface area contributed by atoms with Gasteiger partial charge in [0.1, 0.15) is 41.3 Å². The number of benzene rings is 7. The highest BCUT2D eigenvalue weighted by atomic mass is 16.5. The molecule has 12 heteroatoms. The van der Waals surface area contributed by atoms with Crippen LogP contribution in [0.5, 0.6) is 23.0 Å². The second-order valence-corrected chi connectivity index (χ2v) is 16.5. The molecule has 0 saturated heterocycles. The van der Waals surface area contributed by atoms with Crippen molar-refractivity contribution in [3.05, 3.63) is 181 Å². The maximum Gasteiger partial charge on any atom is 0.303 e. The number of phenolic OH excluding ortho intramolecular Hbond substituents is 1. The fraction of sp³-hybridized carbons (Fsp3) is 0.193. The molecule has 0 unspecified atom stereocenters. The van der Waals surface area contributed by atoms with Gasteiger partial charge in [-0.05, 0) is 92.6 Å². The fourth-order valence-corrected chi connectivity index (χ4v) is 7.95. The van der Waals surface area contributed by atoms with Gasteiger partial charge >= 0.3 is 11.9 Å². The standard InChI is InChI=1S/C32H30N2O4.C25H24N2O4/c35-31(36)17-8-3-9-20-37-28-18-19-29-30(22-28)34(32(33-29)25-13-6-2-7-14-25)26-15-10-16-27(21-26)38-23-24-11-4-1-5-12-24;28-20-11-7-10-19(16-20)27-23-17-21(31-15-6-2-5-12-24(29)30)13-14-22(23)26-25(27)18-8-3-1-4-9-18/h1-2,4-7,10-16,18-19,21-22H,3,8-9,17,20,23H2,(H,35,36);1,3-4,7-11,13-14,16-17,28H,2,5-6,12,15H2,(H,29,30). The number of imidazole rings is 2. The van der Waals surface area contributed by atoms with Gasteiger partial charge in [0.15, 0.2) is 0 Å². The third-order valence-electron chi connectivity index (χ3n) is 11.3. The van der Waals surface area contributed by atoms with Crippen LogP contribution in [0.2, 0.25) is 0 Å². The van der Waals surface area contributed by atoms with Crippen molar-refractivity contribution in [3.63, 3.8) is 0 Å². The Labute approximate surface area is 400 Å². The van der Waals surface area contributed by atoms with Crippen LogP contribution >= 0.6 is 0 Å². The van der Waals surface area contributed by atoms with Crippen LogP contribution in [-0.4, -0.2) is 59.6 Å². The Hall–Kier alpha value is -8.38. The van der Waals surface area contributed by atoms with Crippen molar-refractivity contribution in [2.75, 3.05) is 13.2 Å². The molecule has 0 bridgehead atoms. The SMILES string of the molecule is O=C(O)CCCCCOc1ccc2nc(-c3ccccc3)n(-c3cccc(O)c3)c2c1.O=C(O)CCCCCOc1ccc2nc(-c3ccccc3)n(-c3cccc(OCc4ccccc4)c3)c2c1. The molecule has 0 aliphatic rings. The fourth-order valence-electron chi connectivity index (χ4n) is 7.95. The minimum absolute atomic E-state index is 0.187. The number of phenols is 1. The van der Waals surface area contributed by atoms with Crippen LogP contribution in [0.4, 0.5) is 0 Å². The lowest BCUT2D eigenvalue weighted by Gasteiger charge is -2.13. The van der Waals surface area contributed by atoms with E-state index in [0.717, 1.165) is 105 Å². The van der Waals surface area contributed by atoms with Gasteiger partial charge in [0.25, 0.3) is 0 Å². The average Bonchev–Trinajstić information content (AvgIpc) is 3.95. The van der Waals surface area contributed by atoms with Crippen LogP contribution in [0.1, 0.15) is 56.9 Å². The molecular weight excluding hydrogens is 869 g/mol. The molecule has 0 aliphatic heterocycles. The zero-order valence-corrected chi connectivity index (χ0v) is 38.2. The second kappa shape index (κ2) is 23.4. The lowest BCUT2D eigenvalue weighted by atomic mass is 10.2. The molecule has 2 aromatic heterocycles. The first-order chi connectivity index (χ1) is 33.8. The summed E-state index contributed by atoms with van der Waals surface area (Å²) in [5.41, 5.74) is 8.38. The zero-order valence-electron chi connectivity index (χ0n) is 38.2. The van der Waals surface area contributed by atoms with Crippen LogP contribution in [0.3, 0.4) is 0 Å². The zero-order chi connectivity index (χ0) is 47.8. The molecule has 0 radical (unpaired) electrons. The van der Waals surface area contributed by atoms with Crippen LogP contribution in [0, 0.1) is 0 Å². The van der Waals surface area contributed by atoms with Gasteiger partial charge in [-0.2, -0.15) is 0 Å². The average molecular weight is 923 g/mol. The molecule has 0 amide bonds. The molecule has 7 aromatic carbocycles. The summed E-state index contributed by atoms with van der Waals surface area (Å²) in [6.07, 6.45) is 4.94. The Morgan fingerprint density at radius 3 is 1.41 bits per heavy atom. The number of hydrogen-bond acceptors (Lipinski definition) is 8. The number of carboxylic acid groups (broad SMARTS) is 2. The molecule has 0 spiro atoms. The summed E-state index contributed by atoms with van der Waals surface area (Å²) in [7, 11) is 0. The van der Waals surface area contributed by atoms with Gasteiger partial charge in [-0.3, -0.25) is 18.7 Å². The highest BCUT2D eigenvalue weighted by Crippen LogP contribution is 2.34. The summed E-state index contributed by atoms with van der Waals surface area (Å²) in [4.78, 5) is 31.1. The molecule has 2 heterocycles. The number of unbranched alkanes of at least 4 members (excludes halogenated alkanes) is 4. The van der Waals surface area contributed by atoms with Crippen LogP contribution < -0.4 is 14.2 Å². The highest BCUT2D eigenvalue weighted by molar-refractivity contribution is 5.86. The molecule has 350 valence electrons. The smallest absolute Gasteiger partial charge is 0.303 e. The predicted octanol–water partition coefficient (Wildman–Crippen LogP) is 12.7. The molecular formula is C57H54N4O8. The number of aromatic nitrogens is 4. The Bertz CT molecular complexity index is 3100. The van der Waals surface area contributed by atoms with Crippen LogP contribution in [0.15, 0.2) is 176 Å². The summed E-state index contributed by atoms with van der Waals surface area (Å²) in [6, 6.07) is 57.0. The number of ether oxygens (including phenoxy) is 3. The molecule has 0 saturated carbocycles. The molecule has 0 aliphatic carbocycles. The van der Waals surface area contributed by atoms with E-state index in [4.69, 9.17) is 34.4 Å². The lowest BCUT2D eigenvalue weighted by Crippen LogP contribution is -2.01. The van der Waals surface area contributed by atoms with Crippen molar-refractivity contribution in [2.45, 2.75) is 58.0 Å². The summed E-state index contributed by atoms with van der Waals surface area (Å²) < 4.78 is 22.2. The number of carbonyl (C=O) groups is 2. The first-order valence-electron chi connectivity index (χ1n) is 23.2. The molecule has 9 aromatic rings. The molecule has 9 rings (SSSR count). The van der Waals surface area contributed by atoms with Crippen LogP contribution in [0.25, 0.3) is 56.2 Å². The van der Waals surface area contributed by atoms with Gasteiger partial charge in [-0.1, -0.05) is 103 Å². The minimum Gasteiger partial charge on any atom is -0.508 e. The number of fused-ring (bicyclic) bond motifs is 2. The van der Waals surface area contributed by atoms with E-state index in [1.807, 2.05) is 138 Å². The van der Waals surface area contributed by atoms with Gasteiger partial charge in [0, 0.05) is 48.2 Å². The van der Waals surface area contributed by atoms with Crippen molar-refractivity contribution in [3.8, 4) is 57.1 Å². The van der Waals surface area contributed by atoms with E-state index in [1.54, 1.807) is 12.1 Å². The van der Waals surface area contributed by atoms with Gasteiger partial charge in [0.05, 0.1) is 46.7 Å². The number of rotatable bonds is 21. The van der Waals surface area contributed by atoms with Crippen molar-refractivity contribution < 1.29 is 39.1 Å². The molecule has 0 atom stereocenters. The number of aliphatic carboxylic acids is 2. The molecule has 12 nitrogen and oxygen atoms in total. The van der Waals surface area contributed by atoms with E-state index in [9.17, 15) is 14.7 Å². The van der Waals surface area contributed by atoms with E-state index >= 15 is 0 Å². The maximum atomic E-state index is 10.7. The number of aromatic hydroxyl groups is 1. The Kier molecular flexibility index (Phi) is 16.0. The van der Waals surface area contributed by atoms with E-state index in [-0.39, 0.29) is 18.6 Å². The van der Waals surface area contributed by atoms with E-state index < -0.39 is 11.9 Å². The van der Waals surface area contributed by atoms with Gasteiger partial charge in [-0.15, -0.1) is 0 Å². The van der Waals surface area contributed by atoms with Crippen LogP contribution in [-0.2, 0) is 16.2 Å². The molecule has 0 fully saturated rings. The summed E-state index contributed by atoms with van der Waals surface area (Å²) in [5.74, 6) is 2.56. The second-order valence-electron chi connectivity index (χ2n) is 16.5. The van der Waals surface area contributed by atoms with Crippen molar-refractivity contribution in [1.82, 2.24) is 19.1 Å². The number of hydrogen-bond donors (Lipinski definition) is 3. The number of carboxylic acids is 2. The van der Waals surface area contributed by atoms with Gasteiger partial charge < -0.3 is 29.5 Å². The normalized spacial score (nSPS) is 11.0. The minimum atomic E-state index is -0.763. The largest absolute Gasteiger partial charge is 0.508 e. The van der Waals surface area contributed by atoms with E-state index in [0.29, 0.717) is 32.7 Å². The predicted molar refractivity (Wildman–Crippen MR) is 269 cm³/mol. The van der Waals surface area contributed by atoms with Crippen molar-refractivity contribution in [1.29, 1.82) is 0 Å². The monoisotopic (exact) mass is 922 g/mol. The maximum absolute atomic E-state index is 10.7. The third-order valence-corrected chi connectivity index (χ3v) is 11.3. The van der Waals surface area contributed by atoms with E-state index in [2.05, 4.69) is 34.9 Å². The Morgan fingerprint density at radius 2 is 0.913 bits per heavy atom. The lowest BCUT2D eigenvalue weighted by molar-refractivity contribution is -0.138. The first-order valence-corrected chi connectivity index (χ1v) is 23.2. The van der Waals surface area contributed by atoms with Crippen molar-refractivity contribution >= 4 is 34.0 Å². The summed E-state index contributed by atoms with van der Waals surface area (Å²) in [6.45, 7) is 1.55. The Balaban J connectivity index is 0.000000190. The van der Waals surface area contributed by atoms with Crippen molar-refractivity contribution in [2.24, 2.45) is 0 Å². The summed E-state index contributed by atoms with van der Waals surface area (Å²) >= 11 is 0. The third kappa shape index (κ3) is 12.7. The summed E-state index contributed by atoms with van der Waals surface area (Å²) in [5, 5.41) is 27.5. The molecule has 69 heavy (non-hydrogen) atoms.